The van der Waals surface area contributed by atoms with Crippen LogP contribution in [0.3, 0.4) is 0 Å². The highest BCUT2D eigenvalue weighted by molar-refractivity contribution is 6.02. The number of hydrogen-bond donors (Lipinski definition) is 1. The third kappa shape index (κ3) is 3.76. The zero-order chi connectivity index (χ0) is 24.6. The Balaban J connectivity index is 1.39. The Morgan fingerprint density at radius 3 is 2.22 bits per heavy atom. The van der Waals surface area contributed by atoms with Gasteiger partial charge in [-0.05, 0) is 53.9 Å². The van der Waals surface area contributed by atoms with Crippen LogP contribution < -0.4 is 0 Å². The van der Waals surface area contributed by atoms with Crippen molar-refractivity contribution in [2.24, 2.45) is 0 Å². The van der Waals surface area contributed by atoms with Gasteiger partial charge >= 0.3 is 5.97 Å². The van der Waals surface area contributed by atoms with E-state index < -0.39 is 5.97 Å². The molecule has 0 fully saturated rings. The topological polar surface area (TPSA) is 98.6 Å². The van der Waals surface area contributed by atoms with E-state index in [-0.39, 0.29) is 11.6 Å². The number of para-hydroxylation sites is 2. The van der Waals surface area contributed by atoms with E-state index in [1.54, 1.807) is 36.4 Å². The zero-order valence-corrected chi connectivity index (χ0v) is 19.3. The molecule has 0 aliphatic rings. The predicted octanol–water partition coefficient (Wildman–Crippen LogP) is 6.39. The first-order chi connectivity index (χ1) is 17.6. The molecular weight excluding hydrogens is 456 g/mol. The number of phenolic OH excluding ortho intramolecular Hbond substituents is 1. The van der Waals surface area contributed by atoms with E-state index in [0.29, 0.717) is 51.2 Å². The van der Waals surface area contributed by atoms with Crippen LogP contribution in [0.25, 0.3) is 45.1 Å². The van der Waals surface area contributed by atoms with Gasteiger partial charge < -0.3 is 18.7 Å². The summed E-state index contributed by atoms with van der Waals surface area (Å²) in [6, 6.07) is 26.1. The summed E-state index contributed by atoms with van der Waals surface area (Å²) in [5.74, 6) is 0.177. The largest absolute Gasteiger partial charge is 0.507 e. The molecule has 0 aliphatic carbocycles. The normalized spacial score (nSPS) is 11.2. The lowest BCUT2D eigenvalue weighted by Gasteiger charge is -2.05. The Kier molecular flexibility index (Phi) is 5.22. The minimum absolute atomic E-state index is 0.0844. The number of phenols is 1. The van der Waals surface area contributed by atoms with Gasteiger partial charge in [-0.3, -0.25) is 0 Å². The van der Waals surface area contributed by atoms with Crippen molar-refractivity contribution in [3.05, 3.63) is 102 Å². The lowest BCUT2D eigenvalue weighted by Crippen LogP contribution is -2.01. The average molecular weight is 476 g/mol. The molecular formula is C29H20N2O5. The number of hydrogen-bond acceptors (Lipinski definition) is 7. The average Bonchev–Trinajstić information content (AvgIpc) is 3.53. The summed E-state index contributed by atoms with van der Waals surface area (Å²) >= 11 is 0. The van der Waals surface area contributed by atoms with Crippen LogP contribution in [-0.2, 0) is 11.2 Å². The summed E-state index contributed by atoms with van der Waals surface area (Å²) in [4.78, 5) is 21.4. The number of rotatable bonds is 5. The molecule has 0 unspecified atom stereocenters. The Labute approximate surface area is 205 Å². The second-order valence-corrected chi connectivity index (χ2v) is 8.35. The maximum absolute atomic E-state index is 12.1. The molecule has 1 N–H and O–H groups in total. The quantitative estimate of drug-likeness (QED) is 0.288. The summed E-state index contributed by atoms with van der Waals surface area (Å²) in [6.45, 7) is 0. The van der Waals surface area contributed by atoms with E-state index in [9.17, 15) is 9.90 Å². The van der Waals surface area contributed by atoms with E-state index in [1.165, 1.54) is 7.11 Å². The zero-order valence-electron chi connectivity index (χ0n) is 19.3. The molecule has 0 amide bonds. The van der Waals surface area contributed by atoms with E-state index >= 15 is 0 Å². The van der Waals surface area contributed by atoms with Gasteiger partial charge in [0, 0.05) is 0 Å². The van der Waals surface area contributed by atoms with E-state index in [4.69, 9.17) is 13.6 Å². The molecule has 0 bridgehead atoms. The number of oxazole rings is 2. The smallest absolute Gasteiger partial charge is 0.340 e. The molecule has 36 heavy (non-hydrogen) atoms. The third-order valence-corrected chi connectivity index (χ3v) is 6.02. The van der Waals surface area contributed by atoms with E-state index in [1.807, 2.05) is 48.5 Å². The SMILES string of the molecule is COC(=O)c1cccc2oc(-c3cccc4oc(-c5ccc(Cc6ccccc6)cc5O)nc34)nc12. The van der Waals surface area contributed by atoms with Crippen LogP contribution in [0.4, 0.5) is 0 Å². The third-order valence-electron chi connectivity index (χ3n) is 6.02. The molecule has 176 valence electrons. The Bertz CT molecular complexity index is 1730. The lowest BCUT2D eigenvalue weighted by atomic mass is 10.0. The van der Waals surface area contributed by atoms with Crippen molar-refractivity contribution in [2.75, 3.05) is 7.11 Å². The van der Waals surface area contributed by atoms with Gasteiger partial charge in [-0.1, -0.05) is 48.5 Å². The number of fused-ring (bicyclic) bond motifs is 2. The molecule has 6 aromatic rings. The van der Waals surface area contributed by atoms with Crippen molar-refractivity contribution in [2.45, 2.75) is 6.42 Å². The maximum Gasteiger partial charge on any atom is 0.340 e. The van der Waals surface area contributed by atoms with Crippen LogP contribution in [0.1, 0.15) is 21.5 Å². The Morgan fingerprint density at radius 1 is 0.778 bits per heavy atom. The molecule has 0 saturated carbocycles. The first-order valence-corrected chi connectivity index (χ1v) is 11.3. The molecule has 4 aromatic carbocycles. The van der Waals surface area contributed by atoms with E-state index in [0.717, 1.165) is 11.1 Å². The highest BCUT2D eigenvalue weighted by Gasteiger charge is 2.21. The number of aromatic nitrogens is 2. The number of benzene rings is 4. The van der Waals surface area contributed by atoms with Crippen LogP contribution in [0.5, 0.6) is 5.75 Å². The molecule has 0 spiro atoms. The predicted molar refractivity (Wildman–Crippen MR) is 135 cm³/mol. The van der Waals surface area contributed by atoms with Crippen molar-refractivity contribution in [1.82, 2.24) is 9.97 Å². The number of aromatic hydroxyl groups is 1. The summed E-state index contributed by atoms with van der Waals surface area (Å²) < 4.78 is 16.8. The minimum atomic E-state index is -0.492. The molecule has 0 saturated heterocycles. The van der Waals surface area contributed by atoms with E-state index in [2.05, 4.69) is 9.97 Å². The summed E-state index contributed by atoms with van der Waals surface area (Å²) in [5, 5.41) is 10.8. The Morgan fingerprint density at radius 2 is 1.47 bits per heavy atom. The highest BCUT2D eigenvalue weighted by Crippen LogP contribution is 2.36. The summed E-state index contributed by atoms with van der Waals surface area (Å²) in [5.41, 5.74) is 5.47. The van der Waals surface area contributed by atoms with Gasteiger partial charge in [-0.25, -0.2) is 14.8 Å². The number of esters is 1. The van der Waals surface area contributed by atoms with Gasteiger partial charge in [0.05, 0.1) is 23.8 Å². The fourth-order valence-corrected chi connectivity index (χ4v) is 4.27. The number of ether oxygens (including phenoxy) is 1. The molecule has 0 radical (unpaired) electrons. The standard InChI is InChI=1S/C29H20N2O5/c1-34-29(33)21-10-6-12-24-26(21)31-28(36-24)20-9-5-11-23-25(20)30-27(35-23)19-14-13-18(16-22(19)32)15-17-7-3-2-4-8-17/h2-14,16,32H,15H2,1H3. The fourth-order valence-electron chi connectivity index (χ4n) is 4.27. The first kappa shape index (κ1) is 21.6. The molecule has 0 atom stereocenters. The molecule has 2 aromatic heterocycles. The minimum Gasteiger partial charge on any atom is -0.507 e. The van der Waals surface area contributed by atoms with Crippen LogP contribution in [0, 0.1) is 0 Å². The molecule has 7 heteroatoms. The van der Waals surface area contributed by atoms with Crippen molar-refractivity contribution in [1.29, 1.82) is 0 Å². The maximum atomic E-state index is 12.1. The van der Waals surface area contributed by atoms with Crippen LogP contribution >= 0.6 is 0 Å². The summed E-state index contributed by atoms with van der Waals surface area (Å²) in [7, 11) is 1.32. The van der Waals surface area contributed by atoms with Crippen molar-refractivity contribution in [3.63, 3.8) is 0 Å². The van der Waals surface area contributed by atoms with Gasteiger partial charge in [-0.15, -0.1) is 0 Å². The van der Waals surface area contributed by atoms with Gasteiger partial charge in [0.2, 0.25) is 11.8 Å². The van der Waals surface area contributed by atoms with Crippen LogP contribution in [0.15, 0.2) is 93.8 Å². The summed E-state index contributed by atoms with van der Waals surface area (Å²) in [6.07, 6.45) is 0.706. The molecule has 7 nitrogen and oxygen atoms in total. The second-order valence-electron chi connectivity index (χ2n) is 8.35. The number of carbonyl (C=O) groups excluding carboxylic acids is 1. The number of methoxy groups -OCH3 is 1. The fraction of sp³-hybridized carbons (Fsp3) is 0.0690. The van der Waals surface area contributed by atoms with Gasteiger partial charge in [-0.2, -0.15) is 0 Å². The van der Waals surface area contributed by atoms with Gasteiger partial charge in [0.15, 0.2) is 11.2 Å². The van der Waals surface area contributed by atoms with Crippen molar-refractivity contribution < 1.29 is 23.5 Å². The Hall–Kier alpha value is -4.91. The number of carbonyl (C=O) groups is 1. The van der Waals surface area contributed by atoms with Gasteiger partial charge in [0.1, 0.15) is 16.8 Å². The van der Waals surface area contributed by atoms with Crippen molar-refractivity contribution >= 4 is 28.2 Å². The number of nitrogens with zero attached hydrogens (tertiary/aromatic N) is 2. The van der Waals surface area contributed by atoms with Crippen LogP contribution in [0.2, 0.25) is 0 Å². The molecule has 6 rings (SSSR count). The molecule has 2 heterocycles. The van der Waals surface area contributed by atoms with Crippen molar-refractivity contribution in [3.8, 4) is 28.7 Å². The monoisotopic (exact) mass is 476 g/mol. The first-order valence-electron chi connectivity index (χ1n) is 11.3. The highest BCUT2D eigenvalue weighted by atomic mass is 16.5. The second kappa shape index (κ2) is 8.70. The molecule has 0 aliphatic heterocycles. The van der Waals surface area contributed by atoms with Gasteiger partial charge in [0.25, 0.3) is 0 Å². The van der Waals surface area contributed by atoms with Crippen LogP contribution in [-0.4, -0.2) is 28.2 Å². The lowest BCUT2D eigenvalue weighted by molar-refractivity contribution is 0.0602.